The van der Waals surface area contributed by atoms with Crippen molar-refractivity contribution in [3.05, 3.63) is 35.6 Å². The van der Waals surface area contributed by atoms with Crippen molar-refractivity contribution in [3.63, 3.8) is 0 Å². The molecule has 1 amide bonds. The van der Waals surface area contributed by atoms with Crippen LogP contribution in [0.15, 0.2) is 24.3 Å². The van der Waals surface area contributed by atoms with Crippen LogP contribution < -0.4 is 5.32 Å². The van der Waals surface area contributed by atoms with Crippen molar-refractivity contribution in [1.29, 1.82) is 0 Å². The Hall–Kier alpha value is -1.47. The molecule has 1 heterocycles. The number of carbonyl (C=O) groups excluding carboxylic acids is 1. The summed E-state index contributed by atoms with van der Waals surface area (Å²) in [6.45, 7) is 0. The van der Waals surface area contributed by atoms with Crippen LogP contribution in [0.25, 0.3) is 0 Å². The van der Waals surface area contributed by atoms with Gasteiger partial charge in [0.1, 0.15) is 5.82 Å². The van der Waals surface area contributed by atoms with Gasteiger partial charge < -0.3 is 10.4 Å². The van der Waals surface area contributed by atoms with Crippen molar-refractivity contribution in [2.45, 2.75) is 12.1 Å². The number of hydrogen-bond acceptors (Lipinski definition) is 4. The first-order chi connectivity index (χ1) is 8.37. The summed E-state index contributed by atoms with van der Waals surface area (Å²) in [7, 11) is -3.30. The second kappa shape index (κ2) is 4.66. The van der Waals surface area contributed by atoms with Crippen LogP contribution >= 0.6 is 0 Å². The fourth-order valence-corrected chi connectivity index (χ4v) is 3.56. The highest BCUT2D eigenvalue weighted by molar-refractivity contribution is 7.91. The molecule has 2 unspecified atom stereocenters. The Bertz CT molecular complexity index is 555. The average Bonchev–Trinajstić information content (AvgIpc) is 2.52. The zero-order chi connectivity index (χ0) is 13.3. The maximum atomic E-state index is 12.7. The van der Waals surface area contributed by atoms with E-state index in [1.807, 2.05) is 0 Å². The number of carbonyl (C=O) groups is 1. The van der Waals surface area contributed by atoms with Crippen LogP contribution in [0.4, 0.5) is 4.39 Å². The zero-order valence-electron chi connectivity index (χ0n) is 9.34. The van der Waals surface area contributed by atoms with Crippen LogP contribution in [0.3, 0.4) is 0 Å². The number of amides is 1. The Morgan fingerprint density at radius 3 is 2.39 bits per heavy atom. The average molecular weight is 273 g/mol. The fraction of sp³-hybridized carbons (Fsp3) is 0.364. The molecule has 0 aromatic heterocycles. The standard InChI is InChI=1S/C11H12FNO4S/c12-8-3-1-7(2-4-8)11(15)13-9-5-18(16,17)6-10(9)14/h1-4,9-10,14H,5-6H2,(H,13,15). The summed E-state index contributed by atoms with van der Waals surface area (Å²) in [5.41, 5.74) is 0.216. The van der Waals surface area contributed by atoms with E-state index in [4.69, 9.17) is 0 Å². The third-order valence-electron chi connectivity index (χ3n) is 2.75. The van der Waals surface area contributed by atoms with Crippen LogP contribution in [0.1, 0.15) is 10.4 Å². The van der Waals surface area contributed by atoms with Crippen molar-refractivity contribution in [2.24, 2.45) is 0 Å². The molecule has 2 N–H and O–H groups in total. The second-order valence-corrected chi connectivity index (χ2v) is 6.38. The fourth-order valence-electron chi connectivity index (χ4n) is 1.82. The van der Waals surface area contributed by atoms with Gasteiger partial charge in [0.05, 0.1) is 23.7 Å². The molecule has 2 rings (SSSR count). The van der Waals surface area contributed by atoms with Crippen LogP contribution in [0.5, 0.6) is 0 Å². The molecule has 1 aromatic rings. The number of rotatable bonds is 2. The van der Waals surface area contributed by atoms with Crippen molar-refractivity contribution in [1.82, 2.24) is 5.32 Å². The van der Waals surface area contributed by atoms with Gasteiger partial charge in [0.15, 0.2) is 9.84 Å². The summed E-state index contributed by atoms with van der Waals surface area (Å²) >= 11 is 0. The van der Waals surface area contributed by atoms with Gasteiger partial charge >= 0.3 is 0 Å². The van der Waals surface area contributed by atoms with Crippen LogP contribution in [-0.2, 0) is 9.84 Å². The first-order valence-corrected chi connectivity index (χ1v) is 7.14. The lowest BCUT2D eigenvalue weighted by atomic mass is 10.1. The van der Waals surface area contributed by atoms with E-state index in [9.17, 15) is 22.7 Å². The van der Waals surface area contributed by atoms with E-state index in [0.717, 1.165) is 12.1 Å². The largest absolute Gasteiger partial charge is 0.390 e. The van der Waals surface area contributed by atoms with Gasteiger partial charge in [-0.25, -0.2) is 12.8 Å². The SMILES string of the molecule is O=C(NC1CS(=O)(=O)CC1O)c1ccc(F)cc1. The zero-order valence-corrected chi connectivity index (χ0v) is 10.2. The molecule has 0 saturated carbocycles. The minimum atomic E-state index is -3.30. The van der Waals surface area contributed by atoms with E-state index >= 15 is 0 Å². The summed E-state index contributed by atoms with van der Waals surface area (Å²) in [5, 5.41) is 11.9. The Kier molecular flexibility index (Phi) is 3.36. The number of halogens is 1. The highest BCUT2D eigenvalue weighted by atomic mass is 32.2. The van der Waals surface area contributed by atoms with Gasteiger partial charge in [0.25, 0.3) is 5.91 Å². The van der Waals surface area contributed by atoms with E-state index in [0.29, 0.717) is 0 Å². The highest BCUT2D eigenvalue weighted by Crippen LogP contribution is 2.13. The molecule has 18 heavy (non-hydrogen) atoms. The second-order valence-electron chi connectivity index (χ2n) is 4.23. The molecule has 0 spiro atoms. The normalized spacial score (nSPS) is 25.9. The van der Waals surface area contributed by atoms with Gasteiger partial charge in [-0.15, -0.1) is 0 Å². The lowest BCUT2D eigenvalue weighted by molar-refractivity contribution is 0.0888. The number of aliphatic hydroxyl groups excluding tert-OH is 1. The van der Waals surface area contributed by atoms with Crippen molar-refractivity contribution in [3.8, 4) is 0 Å². The van der Waals surface area contributed by atoms with Crippen molar-refractivity contribution >= 4 is 15.7 Å². The van der Waals surface area contributed by atoms with E-state index in [2.05, 4.69) is 5.32 Å². The molecule has 98 valence electrons. The first kappa shape index (κ1) is 13.0. The molecule has 1 aliphatic heterocycles. The minimum Gasteiger partial charge on any atom is -0.390 e. The number of aliphatic hydroxyl groups is 1. The molecule has 0 aliphatic carbocycles. The first-order valence-electron chi connectivity index (χ1n) is 5.32. The van der Waals surface area contributed by atoms with E-state index in [-0.39, 0.29) is 17.1 Å². The highest BCUT2D eigenvalue weighted by Gasteiger charge is 2.37. The molecule has 1 fully saturated rings. The van der Waals surface area contributed by atoms with Gasteiger partial charge in [-0.05, 0) is 24.3 Å². The van der Waals surface area contributed by atoms with Crippen LogP contribution in [0.2, 0.25) is 0 Å². The predicted octanol–water partition coefficient (Wildman–Crippen LogP) is -0.287. The minimum absolute atomic E-state index is 0.216. The summed E-state index contributed by atoms with van der Waals surface area (Å²) in [5.74, 6) is -1.62. The van der Waals surface area contributed by atoms with Crippen LogP contribution in [0, 0.1) is 5.82 Å². The van der Waals surface area contributed by atoms with Gasteiger partial charge in [0, 0.05) is 5.56 Å². The number of nitrogens with one attached hydrogen (secondary N) is 1. The number of sulfone groups is 1. The predicted molar refractivity (Wildman–Crippen MR) is 62.3 cm³/mol. The molecule has 0 bridgehead atoms. The lowest BCUT2D eigenvalue weighted by Gasteiger charge is -2.14. The molecule has 1 aromatic carbocycles. The van der Waals surface area contributed by atoms with E-state index in [1.54, 1.807) is 0 Å². The van der Waals surface area contributed by atoms with E-state index in [1.165, 1.54) is 12.1 Å². The van der Waals surface area contributed by atoms with Gasteiger partial charge in [0.2, 0.25) is 0 Å². The summed E-state index contributed by atoms with van der Waals surface area (Å²) < 4.78 is 35.2. The van der Waals surface area contributed by atoms with Gasteiger partial charge in [-0.3, -0.25) is 4.79 Å². The maximum Gasteiger partial charge on any atom is 0.251 e. The van der Waals surface area contributed by atoms with Crippen molar-refractivity contribution < 1.29 is 22.7 Å². The summed E-state index contributed by atoms with van der Waals surface area (Å²) in [6.07, 6.45) is -1.10. The summed E-state index contributed by atoms with van der Waals surface area (Å²) in [4.78, 5) is 11.7. The van der Waals surface area contributed by atoms with Crippen LogP contribution in [-0.4, -0.2) is 43.1 Å². The Morgan fingerprint density at radius 2 is 1.89 bits per heavy atom. The quantitative estimate of drug-likeness (QED) is 0.776. The number of hydrogen-bond donors (Lipinski definition) is 2. The third kappa shape index (κ3) is 2.85. The van der Waals surface area contributed by atoms with E-state index < -0.39 is 33.7 Å². The lowest BCUT2D eigenvalue weighted by Crippen LogP contribution is -2.42. The summed E-state index contributed by atoms with van der Waals surface area (Å²) in [6, 6.07) is 4.04. The Labute approximate surface area is 104 Å². The molecule has 0 radical (unpaired) electrons. The molecule has 5 nitrogen and oxygen atoms in total. The van der Waals surface area contributed by atoms with Gasteiger partial charge in [-0.2, -0.15) is 0 Å². The molecular weight excluding hydrogens is 261 g/mol. The Balaban J connectivity index is 2.06. The molecule has 7 heteroatoms. The Morgan fingerprint density at radius 1 is 1.28 bits per heavy atom. The monoisotopic (exact) mass is 273 g/mol. The topological polar surface area (TPSA) is 83.5 Å². The van der Waals surface area contributed by atoms with Crippen molar-refractivity contribution in [2.75, 3.05) is 11.5 Å². The third-order valence-corrected chi connectivity index (χ3v) is 4.46. The van der Waals surface area contributed by atoms with Gasteiger partial charge in [-0.1, -0.05) is 0 Å². The smallest absolute Gasteiger partial charge is 0.251 e. The molecule has 2 atom stereocenters. The maximum absolute atomic E-state index is 12.7. The molecule has 1 aliphatic rings. The molecule has 1 saturated heterocycles. The molecular formula is C11H12FNO4S. The number of benzene rings is 1.